The third kappa shape index (κ3) is 2.15. The van der Waals surface area contributed by atoms with Gasteiger partial charge in [-0.3, -0.25) is 4.79 Å². The van der Waals surface area contributed by atoms with E-state index < -0.39 is 6.10 Å². The molecular weight excluding hydrogens is 242 g/mol. The molecule has 19 heavy (non-hydrogen) atoms. The molecule has 2 heterocycles. The van der Waals surface area contributed by atoms with Crippen molar-refractivity contribution >= 4 is 11.6 Å². The first kappa shape index (κ1) is 12.0. The predicted octanol–water partition coefficient (Wildman–Crippen LogP) is 2.75. The SMILES string of the molecule is O=C(c1ccco1)N1CCCC(O)c2ccccc21. The van der Waals surface area contributed by atoms with E-state index in [0.29, 0.717) is 18.7 Å². The van der Waals surface area contributed by atoms with Gasteiger partial charge in [-0.25, -0.2) is 0 Å². The summed E-state index contributed by atoms with van der Waals surface area (Å²) in [5.74, 6) is 0.165. The van der Waals surface area contributed by atoms with Gasteiger partial charge < -0.3 is 14.4 Å². The van der Waals surface area contributed by atoms with Crippen LogP contribution in [0.25, 0.3) is 0 Å². The van der Waals surface area contributed by atoms with E-state index in [9.17, 15) is 9.90 Å². The van der Waals surface area contributed by atoms with E-state index in [4.69, 9.17) is 4.42 Å². The zero-order valence-corrected chi connectivity index (χ0v) is 10.5. The van der Waals surface area contributed by atoms with Gasteiger partial charge >= 0.3 is 0 Å². The highest BCUT2D eigenvalue weighted by atomic mass is 16.3. The Morgan fingerprint density at radius 1 is 1.26 bits per heavy atom. The lowest BCUT2D eigenvalue weighted by atomic mass is 10.0. The number of para-hydroxylation sites is 1. The Morgan fingerprint density at radius 2 is 2.11 bits per heavy atom. The second-order valence-corrected chi connectivity index (χ2v) is 4.65. The molecule has 0 radical (unpaired) electrons. The molecular formula is C15H15NO3. The molecule has 1 aliphatic heterocycles. The van der Waals surface area contributed by atoms with Crippen LogP contribution in [-0.2, 0) is 0 Å². The Hall–Kier alpha value is -2.07. The number of hydrogen-bond donors (Lipinski definition) is 1. The predicted molar refractivity (Wildman–Crippen MR) is 71.0 cm³/mol. The van der Waals surface area contributed by atoms with Gasteiger partial charge in [-0.15, -0.1) is 0 Å². The molecule has 1 amide bonds. The van der Waals surface area contributed by atoms with Gasteiger partial charge in [0, 0.05) is 17.8 Å². The Balaban J connectivity index is 2.02. The summed E-state index contributed by atoms with van der Waals surface area (Å²) in [5, 5.41) is 10.1. The van der Waals surface area contributed by atoms with Crippen molar-refractivity contribution in [3.8, 4) is 0 Å². The van der Waals surface area contributed by atoms with Gasteiger partial charge in [0.15, 0.2) is 5.76 Å². The van der Waals surface area contributed by atoms with Crippen LogP contribution in [0.4, 0.5) is 5.69 Å². The normalized spacial score (nSPS) is 18.8. The van der Waals surface area contributed by atoms with E-state index >= 15 is 0 Å². The molecule has 1 unspecified atom stereocenters. The van der Waals surface area contributed by atoms with E-state index in [2.05, 4.69) is 0 Å². The minimum Gasteiger partial charge on any atom is -0.459 e. The molecule has 0 spiro atoms. The van der Waals surface area contributed by atoms with Crippen LogP contribution < -0.4 is 4.90 Å². The zero-order chi connectivity index (χ0) is 13.2. The lowest BCUT2D eigenvalue weighted by Gasteiger charge is -2.22. The van der Waals surface area contributed by atoms with Crippen molar-refractivity contribution < 1.29 is 14.3 Å². The third-order valence-corrected chi connectivity index (χ3v) is 3.42. The number of carbonyl (C=O) groups excluding carboxylic acids is 1. The summed E-state index contributed by atoms with van der Waals surface area (Å²) in [6.07, 6.45) is 2.41. The Bertz CT molecular complexity index is 577. The number of aliphatic hydroxyl groups is 1. The maximum atomic E-state index is 12.4. The first-order valence-electron chi connectivity index (χ1n) is 6.40. The van der Waals surface area contributed by atoms with Crippen LogP contribution >= 0.6 is 0 Å². The van der Waals surface area contributed by atoms with Gasteiger partial charge in [0.1, 0.15) is 0 Å². The van der Waals surface area contributed by atoms with E-state index in [1.165, 1.54) is 6.26 Å². The number of anilines is 1. The van der Waals surface area contributed by atoms with Crippen molar-refractivity contribution in [3.63, 3.8) is 0 Å². The van der Waals surface area contributed by atoms with Crippen LogP contribution in [-0.4, -0.2) is 17.6 Å². The number of furan rings is 1. The number of benzene rings is 1. The van der Waals surface area contributed by atoms with Gasteiger partial charge in [-0.2, -0.15) is 0 Å². The average Bonchev–Trinajstić information content (AvgIpc) is 2.91. The number of rotatable bonds is 1. The van der Waals surface area contributed by atoms with Gasteiger partial charge in [0.05, 0.1) is 12.4 Å². The third-order valence-electron chi connectivity index (χ3n) is 3.42. The first-order valence-corrected chi connectivity index (χ1v) is 6.40. The number of nitrogens with zero attached hydrogens (tertiary/aromatic N) is 1. The zero-order valence-electron chi connectivity index (χ0n) is 10.5. The second kappa shape index (κ2) is 4.90. The summed E-state index contributed by atoms with van der Waals surface area (Å²) in [4.78, 5) is 14.1. The topological polar surface area (TPSA) is 53.7 Å². The molecule has 98 valence electrons. The lowest BCUT2D eigenvalue weighted by Crippen LogP contribution is -2.31. The molecule has 1 N–H and O–H groups in total. The summed E-state index contributed by atoms with van der Waals surface area (Å²) < 4.78 is 5.18. The molecule has 3 rings (SSSR count). The molecule has 1 aliphatic rings. The maximum Gasteiger partial charge on any atom is 0.293 e. The van der Waals surface area contributed by atoms with Gasteiger partial charge in [-0.1, -0.05) is 18.2 Å². The Labute approximate surface area is 111 Å². The van der Waals surface area contributed by atoms with Crippen LogP contribution in [0.1, 0.15) is 35.1 Å². The second-order valence-electron chi connectivity index (χ2n) is 4.65. The standard InChI is InChI=1S/C15H15NO3/c17-13-7-3-9-16(12-6-2-1-5-11(12)13)15(18)14-8-4-10-19-14/h1-2,4-6,8,10,13,17H,3,7,9H2. The quantitative estimate of drug-likeness (QED) is 0.854. The first-order chi connectivity index (χ1) is 9.27. The van der Waals surface area contributed by atoms with Crippen molar-refractivity contribution in [3.05, 3.63) is 54.0 Å². The summed E-state index contributed by atoms with van der Waals surface area (Å²) >= 11 is 0. The largest absolute Gasteiger partial charge is 0.459 e. The van der Waals surface area contributed by atoms with E-state index in [0.717, 1.165) is 17.7 Å². The molecule has 0 saturated carbocycles. The molecule has 1 atom stereocenters. The molecule has 0 saturated heterocycles. The average molecular weight is 257 g/mol. The fraction of sp³-hybridized carbons (Fsp3) is 0.267. The Morgan fingerprint density at radius 3 is 2.89 bits per heavy atom. The fourth-order valence-corrected chi connectivity index (χ4v) is 2.48. The summed E-state index contributed by atoms with van der Waals surface area (Å²) in [7, 11) is 0. The summed E-state index contributed by atoms with van der Waals surface area (Å²) in [6.45, 7) is 0.591. The van der Waals surface area contributed by atoms with Crippen LogP contribution in [0, 0.1) is 0 Å². The maximum absolute atomic E-state index is 12.4. The highest BCUT2D eigenvalue weighted by molar-refractivity contribution is 6.04. The van der Waals surface area contributed by atoms with Crippen molar-refractivity contribution in [2.75, 3.05) is 11.4 Å². The van der Waals surface area contributed by atoms with Gasteiger partial charge in [0.25, 0.3) is 5.91 Å². The van der Waals surface area contributed by atoms with Crippen LogP contribution in [0.2, 0.25) is 0 Å². The minimum absolute atomic E-state index is 0.161. The molecule has 2 aromatic rings. The number of fused-ring (bicyclic) bond motifs is 1. The molecule has 0 fully saturated rings. The molecule has 4 heteroatoms. The Kier molecular flexibility index (Phi) is 3.09. The number of carbonyl (C=O) groups is 1. The van der Waals surface area contributed by atoms with Gasteiger partial charge in [-0.05, 0) is 31.0 Å². The van der Waals surface area contributed by atoms with E-state index in [-0.39, 0.29) is 5.91 Å². The van der Waals surface area contributed by atoms with Crippen LogP contribution in [0.15, 0.2) is 47.1 Å². The highest BCUT2D eigenvalue weighted by Crippen LogP contribution is 2.33. The van der Waals surface area contributed by atoms with Crippen molar-refractivity contribution in [1.82, 2.24) is 0 Å². The molecule has 4 nitrogen and oxygen atoms in total. The lowest BCUT2D eigenvalue weighted by molar-refractivity contribution is 0.0960. The summed E-state index contributed by atoms with van der Waals surface area (Å²) in [6, 6.07) is 10.8. The fourth-order valence-electron chi connectivity index (χ4n) is 2.48. The number of aliphatic hydroxyl groups excluding tert-OH is 1. The van der Waals surface area contributed by atoms with Crippen LogP contribution in [0.5, 0.6) is 0 Å². The van der Waals surface area contributed by atoms with Crippen molar-refractivity contribution in [1.29, 1.82) is 0 Å². The molecule has 0 aliphatic carbocycles. The van der Waals surface area contributed by atoms with Crippen LogP contribution in [0.3, 0.4) is 0 Å². The molecule has 0 bridgehead atoms. The number of hydrogen-bond acceptors (Lipinski definition) is 3. The molecule has 1 aromatic carbocycles. The smallest absolute Gasteiger partial charge is 0.293 e. The minimum atomic E-state index is -0.509. The van der Waals surface area contributed by atoms with E-state index in [1.807, 2.05) is 24.3 Å². The van der Waals surface area contributed by atoms with E-state index in [1.54, 1.807) is 17.0 Å². The highest BCUT2D eigenvalue weighted by Gasteiger charge is 2.26. The van der Waals surface area contributed by atoms with Crippen molar-refractivity contribution in [2.24, 2.45) is 0 Å². The van der Waals surface area contributed by atoms with Crippen molar-refractivity contribution in [2.45, 2.75) is 18.9 Å². The van der Waals surface area contributed by atoms with Gasteiger partial charge in [0.2, 0.25) is 0 Å². The number of amides is 1. The summed E-state index contributed by atoms with van der Waals surface area (Å²) in [5.41, 5.74) is 1.58. The molecule has 1 aromatic heterocycles. The monoisotopic (exact) mass is 257 g/mol.